The zero-order valence-corrected chi connectivity index (χ0v) is 10.5. The van der Waals surface area contributed by atoms with Gasteiger partial charge in [0.25, 0.3) is 0 Å². The smallest absolute Gasteiger partial charge is 0.237 e. The normalized spacial score (nSPS) is 13.3. The van der Waals surface area contributed by atoms with Crippen LogP contribution in [0, 0.1) is 0 Å². The molecule has 0 aliphatic heterocycles. The molecule has 96 valence electrons. The summed E-state index contributed by atoms with van der Waals surface area (Å²) in [5, 5.41) is 2.64. The number of nitrogens with two attached hydrogens (primary N) is 1. The number of hydrogen-bond acceptors (Lipinski definition) is 4. The third-order valence-corrected chi connectivity index (χ3v) is 3.24. The highest BCUT2D eigenvalue weighted by molar-refractivity contribution is 7.90. The molecule has 0 spiro atoms. The van der Waals surface area contributed by atoms with Gasteiger partial charge in [-0.15, -0.1) is 0 Å². The van der Waals surface area contributed by atoms with E-state index in [9.17, 15) is 13.2 Å². The standard InChI is InChI=1S/C10H17N3O3S/c1-17(15,16)5-3-9(11)10(14)13-7-8-2-4-12-6-8/h2,4,6,9,12H,3,5,7,11H2,1H3,(H,13,14). The molecule has 1 rings (SSSR count). The number of nitrogens with one attached hydrogen (secondary N) is 2. The molecular formula is C10H17N3O3S. The highest BCUT2D eigenvalue weighted by Crippen LogP contribution is 1.97. The van der Waals surface area contributed by atoms with Crippen LogP contribution in [0.15, 0.2) is 18.5 Å². The number of aromatic amines is 1. The minimum Gasteiger partial charge on any atom is -0.367 e. The number of amides is 1. The Balaban J connectivity index is 2.32. The van der Waals surface area contributed by atoms with Gasteiger partial charge in [-0.2, -0.15) is 0 Å². The van der Waals surface area contributed by atoms with Crippen LogP contribution in [0.5, 0.6) is 0 Å². The zero-order chi connectivity index (χ0) is 12.9. The average molecular weight is 259 g/mol. The first-order valence-electron chi connectivity index (χ1n) is 5.21. The predicted octanol–water partition coefficient (Wildman–Crippen LogP) is -0.607. The topological polar surface area (TPSA) is 105 Å². The first kappa shape index (κ1) is 13.7. The van der Waals surface area contributed by atoms with E-state index in [4.69, 9.17) is 5.73 Å². The van der Waals surface area contributed by atoms with Crippen molar-refractivity contribution in [1.82, 2.24) is 10.3 Å². The van der Waals surface area contributed by atoms with Crippen molar-refractivity contribution >= 4 is 15.7 Å². The number of sulfone groups is 1. The van der Waals surface area contributed by atoms with Gasteiger partial charge in [0.15, 0.2) is 0 Å². The number of hydrogen-bond donors (Lipinski definition) is 3. The molecule has 6 nitrogen and oxygen atoms in total. The van der Waals surface area contributed by atoms with Gasteiger partial charge in [0.05, 0.1) is 11.8 Å². The van der Waals surface area contributed by atoms with Gasteiger partial charge in [-0.25, -0.2) is 8.42 Å². The van der Waals surface area contributed by atoms with Crippen molar-refractivity contribution < 1.29 is 13.2 Å². The molecule has 1 heterocycles. The third kappa shape index (κ3) is 5.50. The van der Waals surface area contributed by atoms with Crippen molar-refractivity contribution in [2.24, 2.45) is 5.73 Å². The molecular weight excluding hydrogens is 242 g/mol. The Morgan fingerprint density at radius 1 is 1.59 bits per heavy atom. The Morgan fingerprint density at radius 2 is 2.29 bits per heavy atom. The lowest BCUT2D eigenvalue weighted by molar-refractivity contribution is -0.122. The van der Waals surface area contributed by atoms with Crippen molar-refractivity contribution in [3.05, 3.63) is 24.0 Å². The summed E-state index contributed by atoms with van der Waals surface area (Å²) in [7, 11) is -3.08. The maximum Gasteiger partial charge on any atom is 0.237 e. The van der Waals surface area contributed by atoms with Crippen LogP contribution in [0.1, 0.15) is 12.0 Å². The van der Waals surface area contributed by atoms with Crippen molar-refractivity contribution in [2.75, 3.05) is 12.0 Å². The lowest BCUT2D eigenvalue weighted by Gasteiger charge is -2.10. The Labute approximate surface area is 101 Å². The summed E-state index contributed by atoms with van der Waals surface area (Å²) in [6, 6.07) is 1.05. The predicted molar refractivity (Wildman–Crippen MR) is 64.9 cm³/mol. The van der Waals surface area contributed by atoms with Gasteiger partial charge in [-0.3, -0.25) is 4.79 Å². The number of rotatable bonds is 6. The minimum absolute atomic E-state index is 0.0776. The van der Waals surface area contributed by atoms with Crippen molar-refractivity contribution in [2.45, 2.75) is 19.0 Å². The molecule has 1 aromatic heterocycles. The molecule has 1 amide bonds. The van der Waals surface area contributed by atoms with Crippen LogP contribution in [-0.4, -0.2) is 37.4 Å². The summed E-state index contributed by atoms with van der Waals surface area (Å²) in [5.74, 6) is -0.416. The Kier molecular flexibility index (Phi) is 4.71. The van der Waals surface area contributed by atoms with Crippen LogP contribution >= 0.6 is 0 Å². The highest BCUT2D eigenvalue weighted by atomic mass is 32.2. The van der Waals surface area contributed by atoms with E-state index in [2.05, 4.69) is 10.3 Å². The quantitative estimate of drug-likeness (QED) is 0.634. The molecule has 0 aliphatic rings. The molecule has 4 N–H and O–H groups in total. The van der Waals surface area contributed by atoms with E-state index >= 15 is 0 Å². The second-order valence-electron chi connectivity index (χ2n) is 3.96. The summed E-state index contributed by atoms with van der Waals surface area (Å²) in [6.45, 7) is 0.384. The number of carbonyl (C=O) groups excluding carboxylic acids is 1. The summed E-state index contributed by atoms with van der Waals surface area (Å²) in [5.41, 5.74) is 6.52. The largest absolute Gasteiger partial charge is 0.367 e. The molecule has 7 heteroatoms. The van der Waals surface area contributed by atoms with E-state index in [1.807, 2.05) is 6.07 Å². The van der Waals surface area contributed by atoms with Crippen LogP contribution in [0.4, 0.5) is 0 Å². The van der Waals surface area contributed by atoms with Crippen molar-refractivity contribution in [1.29, 1.82) is 0 Å². The lowest BCUT2D eigenvalue weighted by atomic mass is 10.2. The monoisotopic (exact) mass is 259 g/mol. The van der Waals surface area contributed by atoms with Crippen LogP contribution in [-0.2, 0) is 21.2 Å². The first-order valence-corrected chi connectivity index (χ1v) is 7.27. The molecule has 1 atom stereocenters. The molecule has 1 aromatic rings. The summed E-state index contributed by atoms with van der Waals surface area (Å²) >= 11 is 0. The maximum atomic E-state index is 11.5. The first-order chi connectivity index (χ1) is 7.88. The number of carbonyl (C=O) groups is 1. The molecule has 0 bridgehead atoms. The fourth-order valence-electron chi connectivity index (χ4n) is 1.26. The molecule has 0 radical (unpaired) electrons. The SMILES string of the molecule is CS(=O)(=O)CCC(N)C(=O)NCc1cc[nH]c1. The molecule has 0 saturated heterocycles. The molecule has 0 fully saturated rings. The summed E-state index contributed by atoms with van der Waals surface area (Å²) in [6.07, 6.45) is 4.78. The zero-order valence-electron chi connectivity index (χ0n) is 9.64. The Bertz CT molecular complexity index is 453. The minimum atomic E-state index is -3.08. The van der Waals surface area contributed by atoms with E-state index in [1.165, 1.54) is 0 Å². The fourth-order valence-corrected chi connectivity index (χ4v) is 1.94. The summed E-state index contributed by atoms with van der Waals surface area (Å²) < 4.78 is 21.8. The van der Waals surface area contributed by atoms with Crippen molar-refractivity contribution in [3.8, 4) is 0 Å². The third-order valence-electron chi connectivity index (χ3n) is 2.27. The van der Waals surface area contributed by atoms with E-state index in [-0.39, 0.29) is 18.1 Å². The van der Waals surface area contributed by atoms with Crippen LogP contribution in [0.2, 0.25) is 0 Å². The van der Waals surface area contributed by atoms with Gasteiger partial charge < -0.3 is 16.0 Å². The van der Waals surface area contributed by atoms with Crippen LogP contribution in [0.25, 0.3) is 0 Å². The van der Waals surface area contributed by atoms with E-state index in [1.54, 1.807) is 12.4 Å². The lowest BCUT2D eigenvalue weighted by Crippen LogP contribution is -2.41. The van der Waals surface area contributed by atoms with Gasteiger partial charge >= 0.3 is 0 Å². The molecule has 0 saturated carbocycles. The van der Waals surface area contributed by atoms with Gasteiger partial charge in [0.1, 0.15) is 9.84 Å². The van der Waals surface area contributed by atoms with Crippen LogP contribution < -0.4 is 11.1 Å². The van der Waals surface area contributed by atoms with E-state index in [0.717, 1.165) is 11.8 Å². The van der Waals surface area contributed by atoms with Crippen molar-refractivity contribution in [3.63, 3.8) is 0 Å². The summed E-state index contributed by atoms with van der Waals surface area (Å²) in [4.78, 5) is 14.4. The van der Waals surface area contributed by atoms with Gasteiger partial charge in [0, 0.05) is 25.2 Å². The van der Waals surface area contributed by atoms with Gasteiger partial charge in [-0.1, -0.05) is 0 Å². The van der Waals surface area contributed by atoms with Crippen LogP contribution in [0.3, 0.4) is 0 Å². The molecule has 1 unspecified atom stereocenters. The fraction of sp³-hybridized carbons (Fsp3) is 0.500. The Morgan fingerprint density at radius 3 is 2.82 bits per heavy atom. The van der Waals surface area contributed by atoms with E-state index < -0.39 is 15.9 Å². The molecule has 0 aliphatic carbocycles. The second-order valence-corrected chi connectivity index (χ2v) is 6.22. The highest BCUT2D eigenvalue weighted by Gasteiger charge is 2.15. The Hall–Kier alpha value is -1.34. The van der Waals surface area contributed by atoms with E-state index in [0.29, 0.717) is 6.54 Å². The van der Waals surface area contributed by atoms with Gasteiger partial charge in [-0.05, 0) is 18.1 Å². The average Bonchev–Trinajstić information content (AvgIpc) is 2.74. The van der Waals surface area contributed by atoms with Gasteiger partial charge in [0.2, 0.25) is 5.91 Å². The number of H-pyrrole nitrogens is 1. The second kappa shape index (κ2) is 5.83. The maximum absolute atomic E-state index is 11.5. The molecule has 0 aromatic carbocycles. The molecule has 17 heavy (non-hydrogen) atoms. The number of aromatic nitrogens is 1.